The predicted octanol–water partition coefficient (Wildman–Crippen LogP) is 1.49. The molecule has 2 aliphatic carbocycles. The van der Waals surface area contributed by atoms with Crippen molar-refractivity contribution in [3.8, 4) is 0 Å². The Morgan fingerprint density at radius 2 is 2.13 bits per heavy atom. The zero-order chi connectivity index (χ0) is 16.6. The van der Waals surface area contributed by atoms with Crippen molar-refractivity contribution >= 4 is 15.9 Å². The summed E-state index contributed by atoms with van der Waals surface area (Å²) in [5.74, 6) is 0.274. The third kappa shape index (κ3) is 1.76. The molecular weight excluding hydrogens is 312 g/mol. The van der Waals surface area contributed by atoms with Gasteiger partial charge in [0.25, 0.3) is 5.91 Å². The molecule has 1 amide bonds. The lowest BCUT2D eigenvalue weighted by molar-refractivity contribution is -0.671. The molecule has 1 spiro atoms. The molecule has 3 aliphatic rings. The minimum atomic E-state index is -3.55. The van der Waals surface area contributed by atoms with Gasteiger partial charge in [-0.1, -0.05) is 13.8 Å². The SMILES string of the molecule is C[n+]1cccc(C(=O)N2[C@@H]3C[C@H]4CC[C@]3(CS2(=O)=O)C4(C)C)c1. The minimum Gasteiger partial charge on any atom is -0.268 e. The molecule has 4 rings (SSSR count). The molecule has 2 heterocycles. The monoisotopic (exact) mass is 335 g/mol. The normalized spacial score (nSPS) is 36.2. The first-order valence-corrected chi connectivity index (χ1v) is 9.82. The number of aryl methyl sites for hydroxylation is 1. The lowest BCUT2D eigenvalue weighted by Crippen LogP contribution is -2.44. The fraction of sp³-hybridized carbons (Fsp3) is 0.647. The molecule has 1 saturated heterocycles. The molecule has 0 aromatic carbocycles. The van der Waals surface area contributed by atoms with E-state index in [0.717, 1.165) is 19.3 Å². The highest BCUT2D eigenvalue weighted by Crippen LogP contribution is 2.70. The first-order valence-electron chi connectivity index (χ1n) is 8.21. The van der Waals surface area contributed by atoms with Crippen LogP contribution in [0.4, 0.5) is 0 Å². The molecule has 0 N–H and O–H groups in total. The van der Waals surface area contributed by atoms with Crippen LogP contribution in [0.2, 0.25) is 0 Å². The van der Waals surface area contributed by atoms with Gasteiger partial charge in [-0.05, 0) is 36.7 Å². The molecule has 5 nitrogen and oxygen atoms in total. The van der Waals surface area contributed by atoms with E-state index in [0.29, 0.717) is 11.5 Å². The van der Waals surface area contributed by atoms with Gasteiger partial charge in [0, 0.05) is 11.5 Å². The molecular formula is C17H23N2O3S+. The van der Waals surface area contributed by atoms with E-state index in [1.807, 2.05) is 13.2 Å². The Labute approximate surface area is 137 Å². The second-order valence-electron chi connectivity index (χ2n) is 7.98. The number of pyridine rings is 1. The summed E-state index contributed by atoms with van der Waals surface area (Å²) in [7, 11) is -1.72. The van der Waals surface area contributed by atoms with Crippen LogP contribution in [-0.4, -0.2) is 30.4 Å². The Morgan fingerprint density at radius 1 is 1.39 bits per heavy atom. The van der Waals surface area contributed by atoms with E-state index in [1.165, 1.54) is 4.31 Å². The Bertz CT molecular complexity index is 802. The summed E-state index contributed by atoms with van der Waals surface area (Å²) < 4.78 is 28.7. The smallest absolute Gasteiger partial charge is 0.268 e. The zero-order valence-corrected chi connectivity index (χ0v) is 14.6. The van der Waals surface area contributed by atoms with Gasteiger partial charge >= 0.3 is 0 Å². The molecule has 1 aliphatic heterocycles. The van der Waals surface area contributed by atoms with E-state index in [2.05, 4.69) is 13.8 Å². The molecule has 3 fully saturated rings. The number of fused-ring (bicyclic) bond motifs is 1. The number of carbonyl (C=O) groups is 1. The van der Waals surface area contributed by atoms with Crippen LogP contribution >= 0.6 is 0 Å². The molecule has 6 heteroatoms. The van der Waals surface area contributed by atoms with Crippen molar-refractivity contribution in [3.05, 3.63) is 30.1 Å². The van der Waals surface area contributed by atoms with Crippen LogP contribution in [-0.2, 0) is 17.1 Å². The van der Waals surface area contributed by atoms with Crippen LogP contribution in [0, 0.1) is 16.7 Å². The van der Waals surface area contributed by atoms with Crippen molar-refractivity contribution in [1.82, 2.24) is 4.31 Å². The van der Waals surface area contributed by atoms with Crippen LogP contribution in [0.1, 0.15) is 43.5 Å². The molecule has 2 saturated carbocycles. The van der Waals surface area contributed by atoms with Crippen LogP contribution in [0.15, 0.2) is 24.5 Å². The fourth-order valence-electron chi connectivity index (χ4n) is 5.40. The fourth-order valence-corrected chi connectivity index (χ4v) is 7.93. The quantitative estimate of drug-likeness (QED) is 0.731. The van der Waals surface area contributed by atoms with Gasteiger partial charge in [-0.25, -0.2) is 17.3 Å². The number of nitrogens with zero attached hydrogens (tertiary/aromatic N) is 2. The maximum absolute atomic E-state index is 13.0. The van der Waals surface area contributed by atoms with Crippen molar-refractivity contribution in [1.29, 1.82) is 0 Å². The highest BCUT2D eigenvalue weighted by atomic mass is 32.2. The maximum Gasteiger partial charge on any atom is 0.273 e. The zero-order valence-electron chi connectivity index (χ0n) is 13.8. The van der Waals surface area contributed by atoms with E-state index < -0.39 is 10.0 Å². The van der Waals surface area contributed by atoms with Crippen molar-refractivity contribution in [3.63, 3.8) is 0 Å². The van der Waals surface area contributed by atoms with Gasteiger partial charge in [0.2, 0.25) is 10.0 Å². The van der Waals surface area contributed by atoms with Crippen molar-refractivity contribution in [2.45, 2.75) is 39.2 Å². The van der Waals surface area contributed by atoms with E-state index in [4.69, 9.17) is 0 Å². The predicted molar refractivity (Wildman–Crippen MR) is 84.9 cm³/mol. The Hall–Kier alpha value is -1.43. The van der Waals surface area contributed by atoms with Crippen LogP contribution in [0.25, 0.3) is 0 Å². The van der Waals surface area contributed by atoms with Gasteiger partial charge in [0.1, 0.15) is 12.6 Å². The maximum atomic E-state index is 13.0. The molecule has 1 aromatic rings. The standard InChI is InChI=1S/C17H23N2O3S/c1-16(2)13-6-7-17(16)11-23(21,22)19(14(17)9-13)15(20)12-5-4-8-18(3)10-12/h4-5,8,10,13-14H,6-7,9,11H2,1-3H3/q+1/t13-,14-,17-/m1/s1. The Balaban J connectivity index is 1.80. The lowest BCUT2D eigenvalue weighted by atomic mass is 9.69. The number of hydrogen-bond donors (Lipinski definition) is 0. The highest BCUT2D eigenvalue weighted by molar-refractivity contribution is 7.90. The van der Waals surface area contributed by atoms with E-state index in [9.17, 15) is 13.2 Å². The molecule has 0 radical (unpaired) electrons. The van der Waals surface area contributed by atoms with Crippen LogP contribution in [0.5, 0.6) is 0 Å². The molecule has 0 unspecified atom stereocenters. The van der Waals surface area contributed by atoms with E-state index >= 15 is 0 Å². The van der Waals surface area contributed by atoms with Crippen LogP contribution < -0.4 is 4.57 Å². The second kappa shape index (κ2) is 4.35. The van der Waals surface area contributed by atoms with Crippen molar-refractivity contribution < 1.29 is 17.8 Å². The summed E-state index contributed by atoms with van der Waals surface area (Å²) >= 11 is 0. The molecule has 3 atom stereocenters. The number of hydrogen-bond acceptors (Lipinski definition) is 3. The number of sulfonamides is 1. The third-order valence-electron chi connectivity index (χ3n) is 6.80. The minimum absolute atomic E-state index is 0.0128. The highest BCUT2D eigenvalue weighted by Gasteiger charge is 2.72. The average molecular weight is 335 g/mol. The van der Waals surface area contributed by atoms with Crippen LogP contribution in [0.3, 0.4) is 0 Å². The van der Waals surface area contributed by atoms with Gasteiger partial charge in [-0.3, -0.25) is 4.79 Å². The van der Waals surface area contributed by atoms with Crippen molar-refractivity contribution in [2.75, 3.05) is 5.75 Å². The molecule has 23 heavy (non-hydrogen) atoms. The lowest BCUT2D eigenvalue weighted by Gasteiger charge is -2.37. The van der Waals surface area contributed by atoms with Gasteiger partial charge in [0.05, 0.1) is 11.8 Å². The van der Waals surface area contributed by atoms with Gasteiger partial charge in [0.15, 0.2) is 12.4 Å². The largest absolute Gasteiger partial charge is 0.273 e. The number of carbonyl (C=O) groups excluding carboxylic acids is 1. The third-order valence-corrected chi connectivity index (χ3v) is 8.70. The van der Waals surface area contributed by atoms with Gasteiger partial charge in [-0.15, -0.1) is 0 Å². The summed E-state index contributed by atoms with van der Waals surface area (Å²) in [5.41, 5.74) is 0.167. The summed E-state index contributed by atoms with van der Waals surface area (Å²) in [4.78, 5) is 13.0. The van der Waals surface area contributed by atoms with Gasteiger partial charge in [-0.2, -0.15) is 0 Å². The number of rotatable bonds is 1. The topological polar surface area (TPSA) is 58.3 Å². The average Bonchev–Trinajstić information content (AvgIpc) is 2.93. The molecule has 124 valence electrons. The number of amides is 1. The molecule has 1 aromatic heterocycles. The second-order valence-corrected chi connectivity index (χ2v) is 9.83. The van der Waals surface area contributed by atoms with Gasteiger partial charge < -0.3 is 0 Å². The first-order chi connectivity index (χ1) is 10.7. The Morgan fingerprint density at radius 3 is 2.78 bits per heavy atom. The summed E-state index contributed by atoms with van der Waals surface area (Å²) in [5, 5.41) is 0. The first kappa shape index (κ1) is 15.1. The summed E-state index contributed by atoms with van der Waals surface area (Å²) in [6.45, 7) is 4.38. The summed E-state index contributed by atoms with van der Waals surface area (Å²) in [6.07, 6.45) is 6.35. The number of aromatic nitrogens is 1. The van der Waals surface area contributed by atoms with Crippen molar-refractivity contribution in [2.24, 2.45) is 23.8 Å². The van der Waals surface area contributed by atoms with E-state index in [1.54, 1.807) is 22.9 Å². The van der Waals surface area contributed by atoms with E-state index in [-0.39, 0.29) is 28.5 Å². The molecule has 2 bridgehead atoms. The summed E-state index contributed by atoms with van der Waals surface area (Å²) in [6, 6.07) is 3.30. The Kier molecular flexibility index (Phi) is 2.86.